The molecule has 0 saturated heterocycles. The van der Waals surface area contributed by atoms with Gasteiger partial charge >= 0.3 is 5.97 Å². The number of hydrogen-bond acceptors (Lipinski definition) is 7. The van der Waals surface area contributed by atoms with Gasteiger partial charge < -0.3 is 14.5 Å². The lowest BCUT2D eigenvalue weighted by Crippen LogP contribution is -2.29. The average Bonchev–Trinajstić information content (AvgIpc) is 3.20. The van der Waals surface area contributed by atoms with Gasteiger partial charge in [-0.05, 0) is 31.5 Å². The molecule has 0 aliphatic heterocycles. The number of furan rings is 1. The maximum Gasteiger partial charge on any atom is 0.325 e. The van der Waals surface area contributed by atoms with Crippen molar-refractivity contribution < 1.29 is 18.7 Å². The van der Waals surface area contributed by atoms with Gasteiger partial charge in [-0.1, -0.05) is 0 Å². The normalized spacial score (nSPS) is 10.8. The van der Waals surface area contributed by atoms with Gasteiger partial charge in [0, 0.05) is 5.39 Å². The van der Waals surface area contributed by atoms with E-state index in [4.69, 9.17) is 4.42 Å². The second kappa shape index (κ2) is 6.40. The topological polar surface area (TPSA) is 94.3 Å². The van der Waals surface area contributed by atoms with Crippen molar-refractivity contribution in [1.82, 2.24) is 15.3 Å². The lowest BCUT2D eigenvalue weighted by atomic mass is 10.1. The van der Waals surface area contributed by atoms with E-state index in [1.807, 2.05) is 13.8 Å². The number of carbonyl (C=O) groups excluding carboxylic acids is 2. The van der Waals surface area contributed by atoms with Gasteiger partial charge in [-0.15, -0.1) is 11.3 Å². The van der Waals surface area contributed by atoms with Crippen LogP contribution in [-0.2, 0) is 9.53 Å². The van der Waals surface area contributed by atoms with E-state index >= 15 is 0 Å². The molecule has 0 aliphatic carbocycles. The monoisotopic (exact) mass is 345 g/mol. The summed E-state index contributed by atoms with van der Waals surface area (Å²) in [6, 6.07) is 3.55. The van der Waals surface area contributed by atoms with E-state index in [-0.39, 0.29) is 12.5 Å². The zero-order valence-corrected chi connectivity index (χ0v) is 14.2. The van der Waals surface area contributed by atoms with Gasteiger partial charge in [-0.2, -0.15) is 0 Å². The standard InChI is InChI=1S/C16H15N3O4S/c1-8-12-9(2)18-14(10-5-4-6-23-10)19-16(12)24-13(8)15(21)17-7-11(20)22-3/h4-6H,7H2,1-3H3,(H,17,21). The number of methoxy groups -OCH3 is 1. The fourth-order valence-corrected chi connectivity index (χ4v) is 3.52. The summed E-state index contributed by atoms with van der Waals surface area (Å²) in [4.78, 5) is 33.6. The molecular weight excluding hydrogens is 330 g/mol. The summed E-state index contributed by atoms with van der Waals surface area (Å²) in [5.74, 6) is 0.216. The number of fused-ring (bicyclic) bond motifs is 1. The van der Waals surface area contributed by atoms with E-state index < -0.39 is 5.97 Å². The third-order valence-corrected chi connectivity index (χ3v) is 4.72. The van der Waals surface area contributed by atoms with Crippen molar-refractivity contribution in [3.63, 3.8) is 0 Å². The summed E-state index contributed by atoms with van der Waals surface area (Å²) < 4.78 is 9.85. The fourth-order valence-electron chi connectivity index (χ4n) is 2.38. The first kappa shape index (κ1) is 16.1. The second-order valence-corrected chi connectivity index (χ2v) is 6.10. The van der Waals surface area contributed by atoms with Crippen molar-refractivity contribution in [2.45, 2.75) is 13.8 Å². The lowest BCUT2D eigenvalue weighted by molar-refractivity contribution is -0.139. The van der Waals surface area contributed by atoms with E-state index in [9.17, 15) is 9.59 Å². The first-order chi connectivity index (χ1) is 11.5. The Labute approximate surface area is 141 Å². The molecule has 3 rings (SSSR count). The molecule has 1 N–H and O–H groups in total. The SMILES string of the molecule is COC(=O)CNC(=O)c1sc2nc(-c3ccco3)nc(C)c2c1C. The van der Waals surface area contributed by atoms with Crippen molar-refractivity contribution in [3.8, 4) is 11.6 Å². The molecule has 0 unspecified atom stereocenters. The number of carbonyl (C=O) groups is 2. The highest BCUT2D eigenvalue weighted by atomic mass is 32.1. The first-order valence-corrected chi connectivity index (χ1v) is 7.99. The summed E-state index contributed by atoms with van der Waals surface area (Å²) in [6.07, 6.45) is 1.56. The van der Waals surface area contributed by atoms with E-state index in [0.717, 1.165) is 16.6 Å². The first-order valence-electron chi connectivity index (χ1n) is 7.18. The van der Waals surface area contributed by atoms with Gasteiger partial charge in [-0.25, -0.2) is 9.97 Å². The minimum Gasteiger partial charge on any atom is -0.468 e. The number of amides is 1. The zero-order valence-electron chi connectivity index (χ0n) is 13.4. The molecule has 0 aromatic carbocycles. The summed E-state index contributed by atoms with van der Waals surface area (Å²) in [5, 5.41) is 3.39. The molecule has 0 aliphatic rings. The Balaban J connectivity index is 1.99. The highest BCUT2D eigenvalue weighted by Crippen LogP contribution is 2.32. The highest BCUT2D eigenvalue weighted by molar-refractivity contribution is 7.20. The number of aromatic nitrogens is 2. The minimum atomic E-state index is -0.502. The van der Waals surface area contributed by atoms with Gasteiger partial charge in [0.2, 0.25) is 0 Å². The van der Waals surface area contributed by atoms with E-state index in [2.05, 4.69) is 20.0 Å². The molecule has 0 saturated carbocycles. The minimum absolute atomic E-state index is 0.175. The molecule has 3 heterocycles. The molecule has 1 amide bonds. The predicted molar refractivity (Wildman–Crippen MR) is 88.9 cm³/mol. The van der Waals surface area contributed by atoms with Crippen LogP contribution < -0.4 is 5.32 Å². The second-order valence-electron chi connectivity index (χ2n) is 5.11. The molecule has 0 spiro atoms. The number of aryl methyl sites for hydroxylation is 2. The zero-order chi connectivity index (χ0) is 17.3. The quantitative estimate of drug-likeness (QED) is 0.730. The number of rotatable bonds is 4. The van der Waals surface area contributed by atoms with Gasteiger partial charge in [0.25, 0.3) is 5.91 Å². The van der Waals surface area contributed by atoms with Crippen LogP contribution in [0.1, 0.15) is 20.9 Å². The smallest absolute Gasteiger partial charge is 0.325 e. The molecule has 0 fully saturated rings. The molecule has 3 aromatic heterocycles. The van der Waals surface area contributed by atoms with Crippen molar-refractivity contribution in [2.75, 3.05) is 13.7 Å². The Hall–Kier alpha value is -2.74. The molecule has 0 atom stereocenters. The van der Waals surface area contributed by atoms with Crippen molar-refractivity contribution in [3.05, 3.63) is 34.5 Å². The van der Waals surface area contributed by atoms with Crippen LogP contribution in [-0.4, -0.2) is 35.5 Å². The molecule has 0 bridgehead atoms. The third kappa shape index (κ3) is 2.88. The van der Waals surface area contributed by atoms with Crippen LogP contribution in [0.15, 0.2) is 22.8 Å². The number of ether oxygens (including phenoxy) is 1. The van der Waals surface area contributed by atoms with Crippen molar-refractivity contribution in [2.24, 2.45) is 0 Å². The van der Waals surface area contributed by atoms with Gasteiger partial charge in [0.05, 0.1) is 23.9 Å². The van der Waals surface area contributed by atoms with E-state index in [0.29, 0.717) is 21.3 Å². The Morgan fingerprint density at radius 2 is 2.12 bits per heavy atom. The fraction of sp³-hybridized carbons (Fsp3) is 0.250. The van der Waals surface area contributed by atoms with Crippen LogP contribution in [0, 0.1) is 13.8 Å². The van der Waals surface area contributed by atoms with Crippen LogP contribution in [0.4, 0.5) is 0 Å². The predicted octanol–water partition coefficient (Wildman–Crippen LogP) is 2.47. The average molecular weight is 345 g/mol. The van der Waals surface area contributed by atoms with Gasteiger partial charge in [-0.3, -0.25) is 9.59 Å². The Morgan fingerprint density at radius 1 is 1.33 bits per heavy atom. The van der Waals surface area contributed by atoms with Crippen molar-refractivity contribution in [1.29, 1.82) is 0 Å². The maximum absolute atomic E-state index is 12.3. The van der Waals surface area contributed by atoms with E-state index in [1.165, 1.54) is 18.4 Å². The van der Waals surface area contributed by atoms with Crippen LogP contribution in [0.3, 0.4) is 0 Å². The Kier molecular flexibility index (Phi) is 4.30. The molecule has 0 radical (unpaired) electrons. The maximum atomic E-state index is 12.3. The molecule has 24 heavy (non-hydrogen) atoms. The third-order valence-electron chi connectivity index (χ3n) is 3.54. The Morgan fingerprint density at radius 3 is 2.79 bits per heavy atom. The number of hydrogen-bond donors (Lipinski definition) is 1. The highest BCUT2D eigenvalue weighted by Gasteiger charge is 2.20. The van der Waals surface area contributed by atoms with Crippen LogP contribution >= 0.6 is 11.3 Å². The number of thiophene rings is 1. The van der Waals surface area contributed by atoms with E-state index in [1.54, 1.807) is 18.4 Å². The molecule has 124 valence electrons. The number of nitrogens with one attached hydrogen (secondary N) is 1. The molecule has 7 nitrogen and oxygen atoms in total. The largest absolute Gasteiger partial charge is 0.468 e. The molecule has 8 heteroatoms. The number of nitrogens with zero attached hydrogens (tertiary/aromatic N) is 2. The summed E-state index contributed by atoms with van der Waals surface area (Å²) in [7, 11) is 1.27. The summed E-state index contributed by atoms with van der Waals surface area (Å²) in [5.41, 5.74) is 1.56. The summed E-state index contributed by atoms with van der Waals surface area (Å²) in [6.45, 7) is 3.53. The molecule has 3 aromatic rings. The summed E-state index contributed by atoms with van der Waals surface area (Å²) >= 11 is 1.26. The number of esters is 1. The van der Waals surface area contributed by atoms with Crippen LogP contribution in [0.5, 0.6) is 0 Å². The Bertz CT molecular complexity index is 915. The molecular formula is C16H15N3O4S. The van der Waals surface area contributed by atoms with Crippen LogP contribution in [0.25, 0.3) is 21.8 Å². The lowest BCUT2D eigenvalue weighted by Gasteiger charge is -2.03. The van der Waals surface area contributed by atoms with Gasteiger partial charge in [0.1, 0.15) is 11.4 Å². The van der Waals surface area contributed by atoms with Gasteiger partial charge in [0.15, 0.2) is 11.6 Å². The van der Waals surface area contributed by atoms with Crippen molar-refractivity contribution >= 4 is 33.4 Å². The van der Waals surface area contributed by atoms with Crippen LogP contribution in [0.2, 0.25) is 0 Å².